The van der Waals surface area contributed by atoms with Crippen LogP contribution in [-0.2, 0) is 5.41 Å². The van der Waals surface area contributed by atoms with E-state index >= 15 is 0 Å². The van der Waals surface area contributed by atoms with Gasteiger partial charge in [0.15, 0.2) is 5.82 Å². The van der Waals surface area contributed by atoms with Crippen molar-refractivity contribution >= 4 is 0 Å². The predicted octanol–water partition coefficient (Wildman–Crippen LogP) is 1.98. The minimum absolute atomic E-state index is 0.203. The first-order valence-corrected chi connectivity index (χ1v) is 6.33. The zero-order valence-electron chi connectivity index (χ0n) is 9.83. The van der Waals surface area contributed by atoms with Gasteiger partial charge in [0.1, 0.15) is 0 Å². The van der Waals surface area contributed by atoms with Gasteiger partial charge < -0.3 is 9.84 Å². The van der Waals surface area contributed by atoms with E-state index in [1.165, 1.54) is 19.3 Å². The van der Waals surface area contributed by atoms with E-state index in [4.69, 9.17) is 4.52 Å². The summed E-state index contributed by atoms with van der Waals surface area (Å²) in [6, 6.07) is 0. The van der Waals surface area contributed by atoms with Gasteiger partial charge in [-0.15, -0.1) is 0 Å². The molecule has 0 atom stereocenters. The molecule has 3 rings (SSSR count). The highest BCUT2D eigenvalue weighted by molar-refractivity contribution is 5.10. The van der Waals surface area contributed by atoms with Crippen LogP contribution in [0.2, 0.25) is 0 Å². The third-order valence-corrected chi connectivity index (χ3v) is 4.13. The minimum Gasteiger partial charge on any atom is -0.339 e. The summed E-state index contributed by atoms with van der Waals surface area (Å²) < 4.78 is 5.44. The molecule has 0 amide bonds. The molecule has 0 radical (unpaired) electrons. The summed E-state index contributed by atoms with van der Waals surface area (Å²) in [6.45, 7) is 4.38. The van der Waals surface area contributed by atoms with Gasteiger partial charge in [0.05, 0.1) is 0 Å². The van der Waals surface area contributed by atoms with Crippen LogP contribution in [0.4, 0.5) is 0 Å². The van der Waals surface area contributed by atoms with E-state index in [1.807, 2.05) is 0 Å². The van der Waals surface area contributed by atoms with Crippen molar-refractivity contribution in [2.45, 2.75) is 50.4 Å². The highest BCUT2D eigenvalue weighted by Crippen LogP contribution is 2.42. The number of nitrogens with zero attached hydrogens (tertiary/aromatic N) is 2. The van der Waals surface area contributed by atoms with Gasteiger partial charge in [-0.2, -0.15) is 4.98 Å². The molecule has 1 N–H and O–H groups in total. The maximum Gasteiger partial charge on any atom is 0.229 e. The molecule has 1 saturated carbocycles. The van der Waals surface area contributed by atoms with Crippen molar-refractivity contribution in [2.75, 3.05) is 13.1 Å². The minimum atomic E-state index is 0.203. The molecule has 88 valence electrons. The molecule has 0 unspecified atom stereocenters. The summed E-state index contributed by atoms with van der Waals surface area (Å²) in [5.41, 5.74) is 0.203. The van der Waals surface area contributed by atoms with Crippen LogP contribution in [0.25, 0.3) is 0 Å². The summed E-state index contributed by atoms with van der Waals surface area (Å²) in [5, 5.41) is 7.53. The van der Waals surface area contributed by atoms with Crippen LogP contribution in [0.15, 0.2) is 4.52 Å². The van der Waals surface area contributed by atoms with Crippen LogP contribution in [0.5, 0.6) is 0 Å². The highest BCUT2D eigenvalue weighted by atomic mass is 16.5. The number of aromatic nitrogens is 2. The van der Waals surface area contributed by atoms with Gasteiger partial charge in [-0.25, -0.2) is 0 Å². The lowest BCUT2D eigenvalue weighted by atomic mass is 9.70. The van der Waals surface area contributed by atoms with E-state index in [-0.39, 0.29) is 5.41 Å². The molecular formula is C12H19N3O. The Morgan fingerprint density at radius 2 is 2.06 bits per heavy atom. The molecule has 4 nitrogen and oxygen atoms in total. The van der Waals surface area contributed by atoms with E-state index in [2.05, 4.69) is 22.4 Å². The second kappa shape index (κ2) is 3.84. The SMILES string of the molecule is CC1(c2noc(C3CCNCC3)n2)CCC1. The normalized spacial score (nSPS) is 25.3. The van der Waals surface area contributed by atoms with Crippen LogP contribution < -0.4 is 5.32 Å². The lowest BCUT2D eigenvalue weighted by Gasteiger charge is -2.34. The van der Waals surface area contributed by atoms with Crippen molar-refractivity contribution in [2.24, 2.45) is 0 Å². The molecule has 1 aliphatic carbocycles. The van der Waals surface area contributed by atoms with Crippen molar-refractivity contribution in [3.63, 3.8) is 0 Å². The van der Waals surface area contributed by atoms with E-state index in [0.717, 1.165) is 37.6 Å². The first-order valence-electron chi connectivity index (χ1n) is 6.33. The van der Waals surface area contributed by atoms with Gasteiger partial charge in [0, 0.05) is 11.3 Å². The molecule has 2 fully saturated rings. The Labute approximate surface area is 95.8 Å². The second-order valence-corrected chi connectivity index (χ2v) is 5.39. The van der Waals surface area contributed by atoms with Crippen molar-refractivity contribution in [1.82, 2.24) is 15.5 Å². The Bertz CT molecular complexity index is 364. The fraction of sp³-hybridized carbons (Fsp3) is 0.833. The molecule has 0 aromatic carbocycles. The summed E-state index contributed by atoms with van der Waals surface area (Å²) in [7, 11) is 0. The standard InChI is InChI=1S/C12H19N3O/c1-12(5-2-6-12)11-14-10(16-15-11)9-3-7-13-8-4-9/h9,13H,2-8H2,1H3. The van der Waals surface area contributed by atoms with Gasteiger partial charge in [-0.3, -0.25) is 0 Å². The molecule has 2 heterocycles. The summed E-state index contributed by atoms with van der Waals surface area (Å²) in [5.74, 6) is 2.28. The number of hydrogen-bond donors (Lipinski definition) is 1. The van der Waals surface area contributed by atoms with Crippen molar-refractivity contribution in [3.8, 4) is 0 Å². The molecule has 0 bridgehead atoms. The molecular weight excluding hydrogens is 202 g/mol. The zero-order chi connectivity index (χ0) is 11.0. The average molecular weight is 221 g/mol. The molecule has 0 spiro atoms. The monoisotopic (exact) mass is 221 g/mol. The number of hydrogen-bond acceptors (Lipinski definition) is 4. The van der Waals surface area contributed by atoms with E-state index in [9.17, 15) is 0 Å². The molecule has 1 aromatic heterocycles. The topological polar surface area (TPSA) is 51.0 Å². The predicted molar refractivity (Wildman–Crippen MR) is 60.3 cm³/mol. The first-order chi connectivity index (χ1) is 7.78. The molecule has 1 aliphatic heterocycles. The van der Waals surface area contributed by atoms with Crippen molar-refractivity contribution in [1.29, 1.82) is 0 Å². The number of piperidine rings is 1. The van der Waals surface area contributed by atoms with Gasteiger partial charge in [-0.05, 0) is 38.8 Å². The number of rotatable bonds is 2. The van der Waals surface area contributed by atoms with Crippen LogP contribution in [0.1, 0.15) is 56.7 Å². The fourth-order valence-corrected chi connectivity index (χ4v) is 2.65. The number of nitrogens with one attached hydrogen (secondary N) is 1. The smallest absolute Gasteiger partial charge is 0.229 e. The van der Waals surface area contributed by atoms with Crippen LogP contribution in [0, 0.1) is 0 Å². The Morgan fingerprint density at radius 1 is 1.31 bits per heavy atom. The van der Waals surface area contributed by atoms with Crippen molar-refractivity contribution in [3.05, 3.63) is 11.7 Å². The average Bonchev–Trinajstić information content (AvgIpc) is 2.77. The fourth-order valence-electron chi connectivity index (χ4n) is 2.65. The summed E-state index contributed by atoms with van der Waals surface area (Å²) in [6.07, 6.45) is 5.96. The molecule has 4 heteroatoms. The molecule has 2 aliphatic rings. The highest BCUT2D eigenvalue weighted by Gasteiger charge is 2.38. The Hall–Kier alpha value is -0.900. The summed E-state index contributed by atoms with van der Waals surface area (Å²) >= 11 is 0. The summed E-state index contributed by atoms with van der Waals surface area (Å²) in [4.78, 5) is 4.62. The maximum absolute atomic E-state index is 5.44. The lowest BCUT2D eigenvalue weighted by Crippen LogP contribution is -2.31. The Balaban J connectivity index is 1.76. The maximum atomic E-state index is 5.44. The van der Waals surface area contributed by atoms with Gasteiger partial charge in [-0.1, -0.05) is 18.5 Å². The molecule has 1 aromatic rings. The van der Waals surface area contributed by atoms with Gasteiger partial charge >= 0.3 is 0 Å². The Morgan fingerprint density at radius 3 is 2.69 bits per heavy atom. The third-order valence-electron chi connectivity index (χ3n) is 4.13. The van der Waals surface area contributed by atoms with Crippen LogP contribution in [0.3, 0.4) is 0 Å². The van der Waals surface area contributed by atoms with E-state index in [1.54, 1.807) is 0 Å². The third kappa shape index (κ3) is 1.65. The second-order valence-electron chi connectivity index (χ2n) is 5.39. The van der Waals surface area contributed by atoms with E-state index < -0.39 is 0 Å². The zero-order valence-corrected chi connectivity index (χ0v) is 9.83. The van der Waals surface area contributed by atoms with Gasteiger partial charge in [0.25, 0.3) is 0 Å². The van der Waals surface area contributed by atoms with E-state index in [0.29, 0.717) is 5.92 Å². The molecule has 16 heavy (non-hydrogen) atoms. The van der Waals surface area contributed by atoms with Crippen LogP contribution >= 0.6 is 0 Å². The Kier molecular flexibility index (Phi) is 2.46. The first kappa shape index (κ1) is 10.3. The molecule has 1 saturated heterocycles. The quantitative estimate of drug-likeness (QED) is 0.829. The largest absolute Gasteiger partial charge is 0.339 e. The van der Waals surface area contributed by atoms with Crippen LogP contribution in [-0.4, -0.2) is 23.2 Å². The van der Waals surface area contributed by atoms with Crippen molar-refractivity contribution < 1.29 is 4.52 Å². The van der Waals surface area contributed by atoms with Gasteiger partial charge in [0.2, 0.25) is 5.89 Å². The lowest BCUT2D eigenvalue weighted by molar-refractivity contribution is 0.244.